The van der Waals surface area contributed by atoms with Gasteiger partial charge in [-0.15, -0.1) is 0 Å². The minimum atomic E-state index is -4.97. The molecule has 0 aromatic heterocycles. The van der Waals surface area contributed by atoms with E-state index >= 15 is 0 Å². The molecular formula is C79H144O17P2. The summed E-state index contributed by atoms with van der Waals surface area (Å²) in [6.45, 7) is 4.84. The number of hydrogen-bond donors (Lipinski definition) is 3. The molecular weight excluding hydrogens is 1280 g/mol. The molecule has 0 radical (unpaired) electrons. The van der Waals surface area contributed by atoms with Crippen molar-refractivity contribution in [3.63, 3.8) is 0 Å². The molecule has 0 spiro atoms. The monoisotopic (exact) mass is 1430 g/mol. The molecule has 0 aliphatic carbocycles. The highest BCUT2D eigenvalue weighted by Crippen LogP contribution is 2.45. The van der Waals surface area contributed by atoms with Gasteiger partial charge < -0.3 is 33.8 Å². The number of phosphoric acid groups is 2. The number of unbranched alkanes of at least 4 members (excludes halogenated alkanes) is 40. The van der Waals surface area contributed by atoms with E-state index in [-0.39, 0.29) is 25.7 Å². The van der Waals surface area contributed by atoms with Crippen molar-refractivity contribution >= 4 is 39.5 Å². The summed E-state index contributed by atoms with van der Waals surface area (Å²) in [7, 11) is -9.95. The third kappa shape index (κ3) is 71.2. The fourth-order valence-electron chi connectivity index (χ4n) is 10.8. The Morgan fingerprint density at radius 3 is 0.776 bits per heavy atom. The van der Waals surface area contributed by atoms with Crippen molar-refractivity contribution in [2.75, 3.05) is 39.6 Å². The van der Waals surface area contributed by atoms with Crippen LogP contribution in [0.4, 0.5) is 0 Å². The second kappa shape index (κ2) is 72.1. The summed E-state index contributed by atoms with van der Waals surface area (Å²) in [5.74, 6) is -2.19. The van der Waals surface area contributed by atoms with Crippen molar-refractivity contribution in [1.29, 1.82) is 0 Å². The summed E-state index contributed by atoms with van der Waals surface area (Å²) in [5.41, 5.74) is 0. The van der Waals surface area contributed by atoms with Crippen molar-refractivity contribution in [1.82, 2.24) is 0 Å². The Labute approximate surface area is 597 Å². The van der Waals surface area contributed by atoms with E-state index in [0.29, 0.717) is 25.7 Å². The Kier molecular flexibility index (Phi) is 69.7. The first-order valence-electron chi connectivity index (χ1n) is 39.5. The van der Waals surface area contributed by atoms with Crippen LogP contribution in [0.5, 0.6) is 0 Å². The predicted octanol–water partition coefficient (Wildman–Crippen LogP) is 22.7. The number of aliphatic hydroxyl groups is 1. The van der Waals surface area contributed by atoms with Gasteiger partial charge in [0.25, 0.3) is 0 Å². The van der Waals surface area contributed by atoms with Crippen molar-refractivity contribution in [2.24, 2.45) is 0 Å². The first-order chi connectivity index (χ1) is 47.7. The molecule has 0 heterocycles. The van der Waals surface area contributed by atoms with Gasteiger partial charge in [0.05, 0.1) is 26.4 Å². The zero-order chi connectivity index (χ0) is 71.8. The van der Waals surface area contributed by atoms with Crippen molar-refractivity contribution in [3.05, 3.63) is 60.8 Å². The fourth-order valence-corrected chi connectivity index (χ4v) is 12.4. The lowest BCUT2D eigenvalue weighted by atomic mass is 10.1. The largest absolute Gasteiger partial charge is 0.472 e. The molecule has 0 saturated heterocycles. The molecule has 2 unspecified atom stereocenters. The standard InChI is InChI=1S/C79H144O17P2/c1-5-9-13-17-21-25-29-33-36-40-43-47-51-55-59-63-76(81)89-69-74(95-78(83)65-61-57-53-49-45-39-32-28-24-20-16-12-8-4)71-93-97(85,86)91-67-73(80)68-92-98(87,88)94-72-75(96-79(84)66-62-58-54-50-46-42-38-35-31-27-23-19-15-11-7-3)70-90-77(82)64-60-56-52-48-44-41-37-34-30-26-22-18-14-10-6-2/h25,28-29,32-38,73-75,80H,5-24,26-27,30-31,39-72H2,1-4H3,(H,85,86)(H,87,88)/b29-25-,32-28-,36-33-,37-34-,38-35-/t73-,74+,75+/m0/s1. The molecule has 19 heteroatoms. The molecule has 0 fully saturated rings. The smallest absolute Gasteiger partial charge is 0.462 e. The fraction of sp³-hybridized carbons (Fsp3) is 0.823. The van der Waals surface area contributed by atoms with Gasteiger partial charge in [0.1, 0.15) is 19.3 Å². The highest BCUT2D eigenvalue weighted by Gasteiger charge is 2.30. The van der Waals surface area contributed by atoms with Crippen LogP contribution in [-0.2, 0) is 65.4 Å². The summed E-state index contributed by atoms with van der Waals surface area (Å²) in [4.78, 5) is 72.9. The third-order valence-corrected chi connectivity index (χ3v) is 18.9. The minimum Gasteiger partial charge on any atom is -0.462 e. The lowest BCUT2D eigenvalue weighted by Gasteiger charge is -2.21. The lowest BCUT2D eigenvalue weighted by molar-refractivity contribution is -0.161. The average Bonchev–Trinajstić information content (AvgIpc) is 0.959. The van der Waals surface area contributed by atoms with E-state index < -0.39 is 97.5 Å². The maximum absolute atomic E-state index is 13.1. The molecule has 0 aromatic carbocycles. The Bertz CT molecular complexity index is 2100. The van der Waals surface area contributed by atoms with Crippen LogP contribution in [0.2, 0.25) is 0 Å². The molecule has 0 aromatic rings. The van der Waals surface area contributed by atoms with Crippen molar-refractivity contribution in [2.45, 2.75) is 380 Å². The summed E-state index contributed by atoms with van der Waals surface area (Å²) in [6, 6.07) is 0. The molecule has 0 saturated carbocycles. The van der Waals surface area contributed by atoms with Crippen molar-refractivity contribution < 1.29 is 80.2 Å². The molecule has 572 valence electrons. The zero-order valence-electron chi connectivity index (χ0n) is 62.5. The number of phosphoric ester groups is 2. The number of ether oxygens (including phenoxy) is 4. The van der Waals surface area contributed by atoms with Gasteiger partial charge in [-0.2, -0.15) is 0 Å². The van der Waals surface area contributed by atoms with Crippen molar-refractivity contribution in [3.8, 4) is 0 Å². The number of carbonyl (C=O) groups is 4. The van der Waals surface area contributed by atoms with Crippen LogP contribution in [0.1, 0.15) is 362 Å². The summed E-state index contributed by atoms with van der Waals surface area (Å²) in [6.07, 6.45) is 70.5. The van der Waals surface area contributed by atoms with E-state index in [1.807, 2.05) is 0 Å². The zero-order valence-corrected chi connectivity index (χ0v) is 64.3. The van der Waals surface area contributed by atoms with Gasteiger partial charge in [-0.3, -0.25) is 37.3 Å². The first-order valence-corrected chi connectivity index (χ1v) is 42.5. The molecule has 0 bridgehead atoms. The van der Waals surface area contributed by atoms with E-state index in [4.69, 9.17) is 37.0 Å². The topological polar surface area (TPSA) is 237 Å². The molecule has 0 aliphatic heterocycles. The number of carbonyl (C=O) groups excluding carboxylic acids is 4. The van der Waals surface area contributed by atoms with Gasteiger partial charge in [-0.1, -0.05) is 268 Å². The summed E-state index contributed by atoms with van der Waals surface area (Å²) < 4.78 is 68.5. The first kappa shape index (κ1) is 94.8. The maximum Gasteiger partial charge on any atom is 0.472 e. The molecule has 0 aliphatic rings. The van der Waals surface area contributed by atoms with Gasteiger partial charge >= 0.3 is 39.5 Å². The Morgan fingerprint density at radius 1 is 0.286 bits per heavy atom. The highest BCUT2D eigenvalue weighted by atomic mass is 31.2. The van der Waals surface area contributed by atoms with Crippen LogP contribution in [-0.4, -0.2) is 96.7 Å². The number of rotatable bonds is 75. The number of esters is 4. The van der Waals surface area contributed by atoms with E-state index in [1.54, 1.807) is 0 Å². The van der Waals surface area contributed by atoms with Crippen LogP contribution in [0.3, 0.4) is 0 Å². The van der Waals surface area contributed by atoms with E-state index in [2.05, 4.69) is 88.5 Å². The van der Waals surface area contributed by atoms with Gasteiger partial charge in [-0.05, 0) is 128 Å². The quantitative estimate of drug-likeness (QED) is 0.0128. The van der Waals surface area contributed by atoms with Gasteiger partial charge in [0.15, 0.2) is 12.2 Å². The van der Waals surface area contributed by atoms with Gasteiger partial charge in [0.2, 0.25) is 0 Å². The van der Waals surface area contributed by atoms with E-state index in [1.165, 1.54) is 128 Å². The normalized spacial score (nSPS) is 14.2. The predicted molar refractivity (Wildman–Crippen MR) is 400 cm³/mol. The van der Waals surface area contributed by atoms with Gasteiger partial charge in [0, 0.05) is 25.7 Å². The highest BCUT2D eigenvalue weighted by molar-refractivity contribution is 7.47. The van der Waals surface area contributed by atoms with E-state index in [9.17, 15) is 43.2 Å². The summed E-state index contributed by atoms with van der Waals surface area (Å²) >= 11 is 0. The molecule has 98 heavy (non-hydrogen) atoms. The number of hydrogen-bond acceptors (Lipinski definition) is 15. The second-order valence-corrected chi connectivity index (χ2v) is 29.6. The number of allylic oxidation sites excluding steroid dienone is 10. The second-order valence-electron chi connectivity index (χ2n) is 26.7. The maximum atomic E-state index is 13.1. The Balaban J connectivity index is 5.35. The molecule has 0 amide bonds. The van der Waals surface area contributed by atoms with Gasteiger partial charge in [-0.25, -0.2) is 9.13 Å². The van der Waals surface area contributed by atoms with E-state index in [0.717, 1.165) is 154 Å². The minimum absolute atomic E-state index is 0.0846. The third-order valence-electron chi connectivity index (χ3n) is 17.0. The Hall–Kier alpha value is -3.24. The lowest BCUT2D eigenvalue weighted by Crippen LogP contribution is -2.30. The summed E-state index contributed by atoms with van der Waals surface area (Å²) in [5, 5.41) is 10.6. The van der Waals surface area contributed by atoms with Crippen LogP contribution in [0, 0.1) is 0 Å². The van der Waals surface area contributed by atoms with Crippen LogP contribution >= 0.6 is 15.6 Å². The molecule has 3 N–H and O–H groups in total. The number of aliphatic hydroxyl groups excluding tert-OH is 1. The molecule has 17 nitrogen and oxygen atoms in total. The van der Waals surface area contributed by atoms with Crippen LogP contribution in [0.25, 0.3) is 0 Å². The average molecular weight is 1430 g/mol. The van der Waals surface area contributed by atoms with Crippen LogP contribution < -0.4 is 0 Å². The molecule has 5 atom stereocenters. The van der Waals surface area contributed by atoms with Crippen LogP contribution in [0.15, 0.2) is 60.8 Å². The Morgan fingerprint density at radius 2 is 0.500 bits per heavy atom. The molecule has 0 rings (SSSR count). The SMILES string of the molecule is CCCCCC/C=C\C=C/CCCCCCCC(=O)OC[C@H](COP(=O)(O)OC[C@H](O)COP(=O)(O)OC[C@@H](COC(=O)CCCCCCC/C=C\CCCCCCCC)OC(=O)CCCCCCC/C=C\CCCCCCCC)OC(=O)CCCCCCC/C=C\CCCCCC.